The molecule has 2 N–H and O–H groups in total. The molecule has 0 unspecified atom stereocenters. The van der Waals surface area contributed by atoms with Crippen molar-refractivity contribution in [3.8, 4) is 11.4 Å². The second-order valence-electron chi connectivity index (χ2n) is 6.94. The van der Waals surface area contributed by atoms with Crippen LogP contribution in [0.3, 0.4) is 0 Å². The van der Waals surface area contributed by atoms with Gasteiger partial charge in [0.05, 0.1) is 10.2 Å². The number of nitrogens with one attached hydrogen (secondary N) is 1. The van der Waals surface area contributed by atoms with Gasteiger partial charge < -0.3 is 24.8 Å². The minimum atomic E-state index is -0.872. The van der Waals surface area contributed by atoms with E-state index in [1.165, 1.54) is 4.90 Å². The summed E-state index contributed by atoms with van der Waals surface area (Å²) in [5.41, 5.74) is 4.58. The number of imidazole rings is 1. The summed E-state index contributed by atoms with van der Waals surface area (Å²) < 4.78 is 0.863. The van der Waals surface area contributed by atoms with Gasteiger partial charge in [0.2, 0.25) is 0 Å². The minimum Gasteiger partial charge on any atom is -0.465 e. The molecule has 3 aromatic rings. The van der Waals surface area contributed by atoms with Gasteiger partial charge in [-0.3, -0.25) is 0 Å². The Kier molecular flexibility index (Phi) is 4.84. The lowest BCUT2D eigenvalue weighted by molar-refractivity contribution is 0.142. The molecule has 28 heavy (non-hydrogen) atoms. The number of aromatic nitrogens is 3. The van der Waals surface area contributed by atoms with Gasteiger partial charge in [0.25, 0.3) is 0 Å². The third-order valence-corrected chi connectivity index (χ3v) is 5.55. The molecule has 1 amide bonds. The Bertz CT molecular complexity index is 1010. The van der Waals surface area contributed by atoms with Crippen molar-refractivity contribution in [3.05, 3.63) is 34.9 Å². The van der Waals surface area contributed by atoms with Gasteiger partial charge in [-0.1, -0.05) is 0 Å². The number of benzene rings is 1. The molecule has 3 heterocycles. The van der Waals surface area contributed by atoms with E-state index in [0.29, 0.717) is 31.8 Å². The number of pyridine rings is 1. The molecule has 0 radical (unpaired) electrons. The van der Waals surface area contributed by atoms with Crippen LogP contribution in [-0.4, -0.2) is 71.3 Å². The summed E-state index contributed by atoms with van der Waals surface area (Å²) in [6, 6.07) is 8.18. The highest BCUT2D eigenvalue weighted by Crippen LogP contribution is 2.34. The Morgan fingerprint density at radius 2 is 1.86 bits per heavy atom. The number of piperazine rings is 1. The molecular weight excluding hydrogens is 424 g/mol. The number of fused-ring (bicyclic) bond motifs is 1. The van der Waals surface area contributed by atoms with Gasteiger partial charge in [-0.25, -0.2) is 14.8 Å². The number of halogens is 1. The molecule has 4 rings (SSSR count). The van der Waals surface area contributed by atoms with Crippen molar-refractivity contribution in [1.29, 1.82) is 0 Å². The van der Waals surface area contributed by atoms with Crippen LogP contribution in [0, 0.1) is 0 Å². The molecule has 0 atom stereocenters. The Balaban J connectivity index is 1.68. The van der Waals surface area contributed by atoms with Crippen LogP contribution < -0.4 is 9.80 Å². The minimum absolute atomic E-state index is 0.471. The summed E-state index contributed by atoms with van der Waals surface area (Å²) in [5, 5.41) is 9.17. The van der Waals surface area contributed by atoms with Crippen LogP contribution in [0.25, 0.3) is 22.6 Å². The second-order valence-corrected chi connectivity index (χ2v) is 7.79. The van der Waals surface area contributed by atoms with Crippen molar-refractivity contribution in [3.63, 3.8) is 0 Å². The zero-order valence-electron chi connectivity index (χ0n) is 15.7. The molecule has 1 aliphatic heterocycles. The Hall–Kier alpha value is -2.81. The van der Waals surface area contributed by atoms with Gasteiger partial charge in [0, 0.05) is 57.7 Å². The fourth-order valence-corrected chi connectivity index (χ4v) is 3.96. The molecule has 0 saturated carbocycles. The van der Waals surface area contributed by atoms with Crippen molar-refractivity contribution in [2.75, 3.05) is 50.1 Å². The first kappa shape index (κ1) is 18.5. The van der Waals surface area contributed by atoms with E-state index in [-0.39, 0.29) is 0 Å². The first-order valence-corrected chi connectivity index (χ1v) is 9.78. The maximum Gasteiger partial charge on any atom is 0.407 e. The van der Waals surface area contributed by atoms with Gasteiger partial charge in [-0.2, -0.15) is 0 Å². The number of anilines is 2. The predicted molar refractivity (Wildman–Crippen MR) is 113 cm³/mol. The van der Waals surface area contributed by atoms with E-state index in [2.05, 4.69) is 52.8 Å². The summed E-state index contributed by atoms with van der Waals surface area (Å²) in [4.78, 5) is 29.4. The number of H-pyrrole nitrogens is 1. The van der Waals surface area contributed by atoms with Crippen molar-refractivity contribution < 1.29 is 9.90 Å². The molecule has 1 saturated heterocycles. The van der Waals surface area contributed by atoms with Crippen molar-refractivity contribution in [2.24, 2.45) is 0 Å². The first-order valence-electron chi connectivity index (χ1n) is 8.99. The SMILES string of the molecule is CN(C)c1ccc(-c2nc3ncc(Br)c(N4CCN(C(=O)O)CC4)c3[nH]2)cc1. The largest absolute Gasteiger partial charge is 0.465 e. The van der Waals surface area contributed by atoms with Crippen molar-refractivity contribution in [1.82, 2.24) is 19.9 Å². The third kappa shape index (κ3) is 3.37. The zero-order chi connectivity index (χ0) is 19.8. The quantitative estimate of drug-likeness (QED) is 0.644. The smallest absolute Gasteiger partial charge is 0.407 e. The zero-order valence-corrected chi connectivity index (χ0v) is 17.3. The Morgan fingerprint density at radius 1 is 1.18 bits per heavy atom. The van der Waals surface area contributed by atoms with Crippen LogP contribution in [0.5, 0.6) is 0 Å². The molecule has 1 aromatic carbocycles. The topological polar surface area (TPSA) is 88.6 Å². The van der Waals surface area contributed by atoms with Gasteiger partial charge in [-0.15, -0.1) is 0 Å². The lowest BCUT2D eigenvalue weighted by Crippen LogP contribution is -2.48. The van der Waals surface area contributed by atoms with Gasteiger partial charge >= 0.3 is 6.09 Å². The number of rotatable bonds is 3. The standard InChI is InChI=1S/C19H21BrN6O2/c1-24(2)13-5-3-12(4-6-13)17-22-15-16(14(20)11-21-18(15)23-17)25-7-9-26(10-8-25)19(27)28/h3-6,11H,7-10H2,1-2H3,(H,27,28)(H,21,22,23). The summed E-state index contributed by atoms with van der Waals surface area (Å²) in [7, 11) is 4.02. The molecule has 0 bridgehead atoms. The van der Waals surface area contributed by atoms with Crippen LogP contribution in [0.1, 0.15) is 0 Å². The second kappa shape index (κ2) is 7.31. The highest BCUT2D eigenvalue weighted by molar-refractivity contribution is 9.10. The lowest BCUT2D eigenvalue weighted by Gasteiger charge is -2.35. The number of carboxylic acid groups (broad SMARTS) is 1. The van der Waals surface area contributed by atoms with Crippen molar-refractivity contribution >= 4 is 44.6 Å². The number of carbonyl (C=O) groups is 1. The van der Waals surface area contributed by atoms with E-state index in [9.17, 15) is 9.90 Å². The predicted octanol–water partition coefficient (Wildman–Crippen LogP) is 3.25. The first-order chi connectivity index (χ1) is 13.4. The Labute approximate surface area is 170 Å². The summed E-state index contributed by atoms with van der Waals surface area (Å²) in [6.45, 7) is 2.18. The molecular formula is C19H21BrN6O2. The highest BCUT2D eigenvalue weighted by atomic mass is 79.9. The van der Waals surface area contributed by atoms with E-state index in [4.69, 9.17) is 0 Å². The summed E-state index contributed by atoms with van der Waals surface area (Å²) in [5.74, 6) is 0.760. The third-order valence-electron chi connectivity index (χ3n) is 4.97. The number of aromatic amines is 1. The van der Waals surface area contributed by atoms with E-state index in [1.54, 1.807) is 6.20 Å². The van der Waals surface area contributed by atoms with E-state index < -0.39 is 6.09 Å². The molecule has 8 nitrogen and oxygen atoms in total. The molecule has 1 fully saturated rings. The molecule has 1 aliphatic rings. The normalized spacial score (nSPS) is 14.5. The average molecular weight is 445 g/mol. The van der Waals surface area contributed by atoms with Gasteiger partial charge in [-0.05, 0) is 40.2 Å². The van der Waals surface area contributed by atoms with E-state index in [0.717, 1.165) is 32.8 Å². The number of amides is 1. The maximum atomic E-state index is 11.2. The number of hydrogen-bond donors (Lipinski definition) is 2. The molecule has 2 aromatic heterocycles. The number of hydrogen-bond acceptors (Lipinski definition) is 5. The molecule has 146 valence electrons. The van der Waals surface area contributed by atoms with Crippen LogP contribution in [0.2, 0.25) is 0 Å². The van der Waals surface area contributed by atoms with Crippen LogP contribution in [-0.2, 0) is 0 Å². The molecule has 9 heteroatoms. The maximum absolute atomic E-state index is 11.2. The lowest BCUT2D eigenvalue weighted by atomic mass is 10.2. The summed E-state index contributed by atoms with van der Waals surface area (Å²) in [6.07, 6.45) is 0.879. The van der Waals surface area contributed by atoms with Crippen LogP contribution >= 0.6 is 15.9 Å². The van der Waals surface area contributed by atoms with E-state index >= 15 is 0 Å². The Morgan fingerprint density at radius 3 is 2.46 bits per heavy atom. The monoisotopic (exact) mass is 444 g/mol. The average Bonchev–Trinajstić information content (AvgIpc) is 3.12. The van der Waals surface area contributed by atoms with Crippen LogP contribution in [0.15, 0.2) is 34.9 Å². The molecule has 0 aliphatic carbocycles. The van der Waals surface area contributed by atoms with E-state index in [1.807, 2.05) is 26.2 Å². The summed E-state index contributed by atoms with van der Waals surface area (Å²) >= 11 is 3.60. The van der Waals surface area contributed by atoms with Crippen LogP contribution in [0.4, 0.5) is 16.2 Å². The number of nitrogens with zero attached hydrogens (tertiary/aromatic N) is 5. The fraction of sp³-hybridized carbons (Fsp3) is 0.316. The van der Waals surface area contributed by atoms with Crippen molar-refractivity contribution in [2.45, 2.75) is 0 Å². The fourth-order valence-electron chi connectivity index (χ4n) is 3.41. The molecule has 0 spiro atoms. The highest BCUT2D eigenvalue weighted by Gasteiger charge is 2.24. The van der Waals surface area contributed by atoms with Gasteiger partial charge in [0.1, 0.15) is 11.3 Å². The van der Waals surface area contributed by atoms with Gasteiger partial charge in [0.15, 0.2) is 5.65 Å².